The highest BCUT2D eigenvalue weighted by Gasteiger charge is 2.13. The SMILES string of the molecule is CN(CC(=O)Nc1ccccc1SC(F)F)Cc1ccc(F)cc1. The van der Waals surface area contributed by atoms with Crippen LogP contribution in [0.1, 0.15) is 5.56 Å². The Morgan fingerprint density at radius 2 is 1.83 bits per heavy atom. The highest BCUT2D eigenvalue weighted by atomic mass is 32.2. The molecular formula is C17H17F3N2OS. The van der Waals surface area contributed by atoms with Crippen LogP contribution < -0.4 is 5.32 Å². The van der Waals surface area contributed by atoms with Gasteiger partial charge in [-0.15, -0.1) is 0 Å². The van der Waals surface area contributed by atoms with Crippen molar-refractivity contribution in [2.75, 3.05) is 18.9 Å². The fourth-order valence-corrected chi connectivity index (χ4v) is 2.76. The molecule has 3 nitrogen and oxygen atoms in total. The van der Waals surface area contributed by atoms with Gasteiger partial charge in [0.1, 0.15) is 5.82 Å². The number of anilines is 1. The first-order valence-electron chi connectivity index (χ1n) is 7.20. The highest BCUT2D eigenvalue weighted by Crippen LogP contribution is 2.31. The van der Waals surface area contributed by atoms with E-state index < -0.39 is 5.76 Å². The fourth-order valence-electron chi connectivity index (χ4n) is 2.16. The second-order valence-corrected chi connectivity index (χ2v) is 6.25. The van der Waals surface area contributed by atoms with Crippen LogP contribution in [0, 0.1) is 5.82 Å². The Balaban J connectivity index is 1.92. The summed E-state index contributed by atoms with van der Waals surface area (Å²) >= 11 is 0.393. The molecule has 0 unspecified atom stereocenters. The Kier molecular flexibility index (Phi) is 6.69. The molecule has 128 valence electrons. The van der Waals surface area contributed by atoms with E-state index in [1.165, 1.54) is 18.2 Å². The maximum atomic E-state index is 12.9. The summed E-state index contributed by atoms with van der Waals surface area (Å²) in [7, 11) is 1.75. The van der Waals surface area contributed by atoms with Crippen molar-refractivity contribution in [1.29, 1.82) is 0 Å². The molecule has 0 fully saturated rings. The normalized spacial score (nSPS) is 11.1. The molecular weight excluding hydrogens is 337 g/mol. The van der Waals surface area contributed by atoms with Gasteiger partial charge in [-0.25, -0.2) is 4.39 Å². The summed E-state index contributed by atoms with van der Waals surface area (Å²) in [6, 6.07) is 12.5. The first-order chi connectivity index (χ1) is 11.4. The van der Waals surface area contributed by atoms with Gasteiger partial charge in [0, 0.05) is 11.4 Å². The molecule has 0 bridgehead atoms. The number of nitrogens with one attached hydrogen (secondary N) is 1. The zero-order valence-electron chi connectivity index (χ0n) is 13.0. The number of likely N-dealkylation sites (N-methyl/N-ethyl adjacent to an activating group) is 1. The van der Waals surface area contributed by atoms with Gasteiger partial charge < -0.3 is 5.32 Å². The van der Waals surface area contributed by atoms with Crippen molar-refractivity contribution in [1.82, 2.24) is 4.90 Å². The number of rotatable bonds is 7. The number of carbonyl (C=O) groups is 1. The Bertz CT molecular complexity index is 680. The van der Waals surface area contributed by atoms with Crippen LogP contribution >= 0.6 is 11.8 Å². The maximum absolute atomic E-state index is 12.9. The molecule has 1 N–H and O–H groups in total. The number of benzene rings is 2. The smallest absolute Gasteiger partial charge is 0.288 e. The minimum atomic E-state index is -2.55. The number of alkyl halides is 2. The predicted molar refractivity (Wildman–Crippen MR) is 89.7 cm³/mol. The number of amides is 1. The van der Waals surface area contributed by atoms with E-state index in [9.17, 15) is 18.0 Å². The molecule has 0 atom stereocenters. The van der Waals surface area contributed by atoms with Gasteiger partial charge in [0.25, 0.3) is 5.76 Å². The topological polar surface area (TPSA) is 32.3 Å². The number of carbonyl (C=O) groups excluding carboxylic acids is 1. The van der Waals surface area contributed by atoms with Gasteiger partial charge in [0.05, 0.1) is 12.2 Å². The Hall–Kier alpha value is -1.99. The Morgan fingerprint density at radius 1 is 1.17 bits per heavy atom. The summed E-state index contributed by atoms with van der Waals surface area (Å²) in [6.45, 7) is 0.562. The van der Waals surface area contributed by atoms with E-state index in [1.807, 2.05) is 0 Å². The number of halogens is 3. The first-order valence-corrected chi connectivity index (χ1v) is 8.08. The molecule has 24 heavy (non-hydrogen) atoms. The molecule has 2 aromatic rings. The number of nitrogens with zero attached hydrogens (tertiary/aromatic N) is 1. The lowest BCUT2D eigenvalue weighted by Gasteiger charge is -2.17. The van der Waals surface area contributed by atoms with Crippen LogP contribution in [0.15, 0.2) is 53.4 Å². The highest BCUT2D eigenvalue weighted by molar-refractivity contribution is 7.99. The summed E-state index contributed by atoms with van der Waals surface area (Å²) in [5.74, 6) is -3.17. The quantitative estimate of drug-likeness (QED) is 0.756. The summed E-state index contributed by atoms with van der Waals surface area (Å²) < 4.78 is 37.9. The van der Waals surface area contributed by atoms with Gasteiger partial charge in [-0.1, -0.05) is 36.0 Å². The van der Waals surface area contributed by atoms with Crippen molar-refractivity contribution in [3.05, 3.63) is 59.9 Å². The number of thioether (sulfide) groups is 1. The molecule has 2 rings (SSSR count). The molecule has 0 aliphatic rings. The second-order valence-electron chi connectivity index (χ2n) is 5.22. The second kappa shape index (κ2) is 8.75. The molecule has 0 aliphatic heterocycles. The van der Waals surface area contributed by atoms with E-state index in [-0.39, 0.29) is 18.3 Å². The Morgan fingerprint density at radius 3 is 2.50 bits per heavy atom. The number of hydrogen-bond acceptors (Lipinski definition) is 3. The lowest BCUT2D eigenvalue weighted by atomic mass is 10.2. The van der Waals surface area contributed by atoms with Gasteiger partial charge in [-0.2, -0.15) is 8.78 Å². The molecule has 0 saturated carbocycles. The van der Waals surface area contributed by atoms with E-state index in [0.29, 0.717) is 28.9 Å². The molecule has 1 amide bonds. The average Bonchev–Trinajstić information content (AvgIpc) is 2.51. The summed E-state index contributed by atoms with van der Waals surface area (Å²) in [4.78, 5) is 14.2. The standard InChI is InChI=1S/C17H17F3N2OS/c1-22(10-12-6-8-13(18)9-7-12)11-16(23)21-14-4-2-3-5-15(14)24-17(19)20/h2-9,17H,10-11H2,1H3,(H,21,23). The van der Waals surface area contributed by atoms with Crippen LogP contribution in [0.25, 0.3) is 0 Å². The van der Waals surface area contributed by atoms with Crippen LogP contribution in [-0.4, -0.2) is 30.2 Å². The largest absolute Gasteiger partial charge is 0.324 e. The maximum Gasteiger partial charge on any atom is 0.288 e. The summed E-state index contributed by atoms with van der Waals surface area (Å²) in [5, 5.41) is 2.65. The number of para-hydroxylation sites is 1. The van der Waals surface area contributed by atoms with Crippen molar-refractivity contribution < 1.29 is 18.0 Å². The Labute approximate surface area is 142 Å². The van der Waals surface area contributed by atoms with Crippen LogP contribution in [0.2, 0.25) is 0 Å². The molecule has 0 aromatic heterocycles. The molecule has 0 radical (unpaired) electrons. The van der Waals surface area contributed by atoms with Crippen molar-refractivity contribution in [3.8, 4) is 0 Å². The zero-order chi connectivity index (χ0) is 17.5. The van der Waals surface area contributed by atoms with Crippen molar-refractivity contribution in [3.63, 3.8) is 0 Å². The van der Waals surface area contributed by atoms with E-state index in [4.69, 9.17) is 0 Å². The monoisotopic (exact) mass is 354 g/mol. The minimum absolute atomic E-state index is 0.0883. The molecule has 0 spiro atoms. The molecule has 0 aliphatic carbocycles. The predicted octanol–water partition coefficient (Wildman–Crippen LogP) is 4.21. The third-order valence-electron chi connectivity index (χ3n) is 3.16. The fraction of sp³-hybridized carbons (Fsp3) is 0.235. The van der Waals surface area contributed by atoms with Gasteiger partial charge in [-0.05, 0) is 36.9 Å². The average molecular weight is 354 g/mol. The van der Waals surface area contributed by atoms with Crippen molar-refractivity contribution in [2.24, 2.45) is 0 Å². The first kappa shape index (κ1) is 18.4. The van der Waals surface area contributed by atoms with Gasteiger partial charge in [0.15, 0.2) is 0 Å². The molecule has 0 heterocycles. The van der Waals surface area contributed by atoms with Crippen molar-refractivity contribution >= 4 is 23.4 Å². The molecule has 2 aromatic carbocycles. The van der Waals surface area contributed by atoms with Crippen LogP contribution in [0.3, 0.4) is 0 Å². The molecule has 0 saturated heterocycles. The number of hydrogen-bond donors (Lipinski definition) is 1. The third-order valence-corrected chi connectivity index (χ3v) is 3.94. The van der Waals surface area contributed by atoms with Crippen LogP contribution in [0.5, 0.6) is 0 Å². The van der Waals surface area contributed by atoms with Gasteiger partial charge in [0.2, 0.25) is 5.91 Å². The lowest BCUT2D eigenvalue weighted by Crippen LogP contribution is -2.30. The van der Waals surface area contributed by atoms with Crippen LogP contribution in [-0.2, 0) is 11.3 Å². The van der Waals surface area contributed by atoms with E-state index >= 15 is 0 Å². The summed E-state index contributed by atoms with van der Waals surface area (Å²) in [5.41, 5.74) is 1.24. The lowest BCUT2D eigenvalue weighted by molar-refractivity contribution is -0.117. The van der Waals surface area contributed by atoms with Crippen LogP contribution in [0.4, 0.5) is 18.9 Å². The third kappa shape index (κ3) is 5.90. The minimum Gasteiger partial charge on any atom is -0.324 e. The van der Waals surface area contributed by atoms with E-state index in [2.05, 4.69) is 5.32 Å². The van der Waals surface area contributed by atoms with Crippen molar-refractivity contribution in [2.45, 2.75) is 17.2 Å². The van der Waals surface area contributed by atoms with Gasteiger partial charge >= 0.3 is 0 Å². The zero-order valence-corrected chi connectivity index (χ0v) is 13.8. The van der Waals surface area contributed by atoms with E-state index in [1.54, 1.807) is 42.3 Å². The molecule has 7 heteroatoms. The van der Waals surface area contributed by atoms with Gasteiger partial charge in [-0.3, -0.25) is 9.69 Å². The summed E-state index contributed by atoms with van der Waals surface area (Å²) in [6.07, 6.45) is 0. The van der Waals surface area contributed by atoms with E-state index in [0.717, 1.165) is 5.56 Å².